The summed E-state index contributed by atoms with van der Waals surface area (Å²) in [7, 11) is -3.30. The van der Waals surface area contributed by atoms with E-state index in [0.29, 0.717) is 12.8 Å². The lowest BCUT2D eigenvalue weighted by molar-refractivity contribution is 0.554. The van der Waals surface area contributed by atoms with Crippen molar-refractivity contribution in [2.45, 2.75) is 51.2 Å². The van der Waals surface area contributed by atoms with Crippen LogP contribution in [0.25, 0.3) is 0 Å². The summed E-state index contributed by atoms with van der Waals surface area (Å²) < 4.78 is 21.9. The number of rotatable bonds is 6. The first-order valence-corrected chi connectivity index (χ1v) is 6.14. The minimum atomic E-state index is -3.30. The van der Waals surface area contributed by atoms with Gasteiger partial charge in [0.25, 0.3) is 0 Å². The van der Waals surface area contributed by atoms with Crippen LogP contribution in [-0.2, 0) is 10.0 Å². The zero-order chi connectivity index (χ0) is 9.61. The van der Waals surface area contributed by atoms with E-state index in [-0.39, 0.29) is 5.25 Å². The molecule has 0 aromatic heterocycles. The molecule has 1 unspecified atom stereocenters. The highest BCUT2D eigenvalue weighted by molar-refractivity contribution is 7.89. The molecule has 0 heterocycles. The van der Waals surface area contributed by atoms with Gasteiger partial charge in [-0.1, -0.05) is 33.1 Å². The van der Waals surface area contributed by atoms with Crippen LogP contribution in [0, 0.1) is 0 Å². The van der Waals surface area contributed by atoms with Crippen LogP contribution < -0.4 is 5.14 Å². The SMILES string of the molecule is CCCCCC(CC)S(N)(=O)=O. The quantitative estimate of drug-likeness (QED) is 0.652. The molecule has 0 saturated heterocycles. The van der Waals surface area contributed by atoms with Crippen LogP contribution in [0.3, 0.4) is 0 Å². The Morgan fingerprint density at radius 1 is 1.25 bits per heavy atom. The van der Waals surface area contributed by atoms with Crippen LogP contribution in [0.4, 0.5) is 0 Å². The standard InChI is InChI=1S/C8H19NO2S/c1-3-5-6-7-8(4-2)12(9,10)11/h8H,3-7H2,1-2H3,(H2,9,10,11). The second-order valence-corrected chi connectivity index (χ2v) is 4.96. The molecule has 0 fully saturated rings. The van der Waals surface area contributed by atoms with Crippen molar-refractivity contribution >= 4 is 10.0 Å². The Bertz CT molecular complexity index is 199. The van der Waals surface area contributed by atoms with Crippen LogP contribution in [0.5, 0.6) is 0 Å². The maximum atomic E-state index is 10.9. The summed E-state index contributed by atoms with van der Waals surface area (Å²) in [4.78, 5) is 0. The van der Waals surface area contributed by atoms with E-state index >= 15 is 0 Å². The van der Waals surface area contributed by atoms with Crippen LogP contribution in [0.15, 0.2) is 0 Å². The molecule has 0 bridgehead atoms. The number of unbranched alkanes of at least 4 members (excludes halogenated alkanes) is 2. The van der Waals surface area contributed by atoms with Crippen molar-refractivity contribution in [3.05, 3.63) is 0 Å². The van der Waals surface area contributed by atoms with Gasteiger partial charge in [-0.15, -0.1) is 0 Å². The van der Waals surface area contributed by atoms with Gasteiger partial charge in [0.2, 0.25) is 10.0 Å². The van der Waals surface area contributed by atoms with E-state index in [2.05, 4.69) is 6.92 Å². The summed E-state index contributed by atoms with van der Waals surface area (Å²) >= 11 is 0. The predicted octanol–water partition coefficient (Wildman–Crippen LogP) is 1.63. The van der Waals surface area contributed by atoms with Gasteiger partial charge in [-0.3, -0.25) is 0 Å². The van der Waals surface area contributed by atoms with Gasteiger partial charge >= 0.3 is 0 Å². The third-order valence-electron chi connectivity index (χ3n) is 2.05. The molecule has 3 nitrogen and oxygen atoms in total. The van der Waals surface area contributed by atoms with Crippen LogP contribution >= 0.6 is 0 Å². The van der Waals surface area contributed by atoms with Crippen molar-refractivity contribution < 1.29 is 8.42 Å². The molecule has 74 valence electrons. The third kappa shape index (κ3) is 4.72. The lowest BCUT2D eigenvalue weighted by Crippen LogP contribution is -2.27. The first kappa shape index (κ1) is 11.9. The molecule has 0 saturated carbocycles. The van der Waals surface area contributed by atoms with E-state index in [0.717, 1.165) is 19.3 Å². The highest BCUT2D eigenvalue weighted by Gasteiger charge is 2.17. The van der Waals surface area contributed by atoms with Crippen molar-refractivity contribution in [3.63, 3.8) is 0 Å². The molecule has 12 heavy (non-hydrogen) atoms. The number of primary sulfonamides is 1. The number of nitrogens with two attached hydrogens (primary N) is 1. The summed E-state index contributed by atoms with van der Waals surface area (Å²) in [6, 6.07) is 0. The number of hydrogen-bond donors (Lipinski definition) is 1. The zero-order valence-corrected chi connectivity index (χ0v) is 8.73. The molecule has 0 aliphatic carbocycles. The summed E-state index contributed by atoms with van der Waals surface area (Å²) in [5.41, 5.74) is 0. The molecular weight excluding hydrogens is 174 g/mol. The summed E-state index contributed by atoms with van der Waals surface area (Å²) in [6.07, 6.45) is 4.50. The van der Waals surface area contributed by atoms with Crippen LogP contribution in [-0.4, -0.2) is 13.7 Å². The lowest BCUT2D eigenvalue weighted by Gasteiger charge is -2.11. The fourth-order valence-electron chi connectivity index (χ4n) is 1.22. The number of sulfonamides is 1. The highest BCUT2D eigenvalue weighted by atomic mass is 32.2. The van der Waals surface area contributed by atoms with Gasteiger partial charge in [-0.2, -0.15) is 0 Å². The maximum absolute atomic E-state index is 10.9. The van der Waals surface area contributed by atoms with Gasteiger partial charge in [0.1, 0.15) is 0 Å². The van der Waals surface area contributed by atoms with Gasteiger partial charge in [-0.05, 0) is 12.8 Å². The summed E-state index contributed by atoms with van der Waals surface area (Å²) in [5.74, 6) is 0. The Morgan fingerprint density at radius 2 is 1.83 bits per heavy atom. The van der Waals surface area contributed by atoms with Crippen molar-refractivity contribution in [2.75, 3.05) is 0 Å². The van der Waals surface area contributed by atoms with Crippen molar-refractivity contribution in [1.82, 2.24) is 0 Å². The molecule has 2 N–H and O–H groups in total. The lowest BCUT2D eigenvalue weighted by atomic mass is 10.1. The average molecular weight is 193 g/mol. The highest BCUT2D eigenvalue weighted by Crippen LogP contribution is 2.11. The number of hydrogen-bond acceptors (Lipinski definition) is 2. The molecule has 0 spiro atoms. The second-order valence-electron chi connectivity index (χ2n) is 3.12. The monoisotopic (exact) mass is 193 g/mol. The zero-order valence-electron chi connectivity index (χ0n) is 7.91. The van der Waals surface area contributed by atoms with Gasteiger partial charge in [0.15, 0.2) is 0 Å². The Hall–Kier alpha value is -0.0900. The molecule has 0 rings (SSSR count). The molecule has 1 atom stereocenters. The van der Waals surface area contributed by atoms with Gasteiger partial charge in [0, 0.05) is 0 Å². The topological polar surface area (TPSA) is 60.2 Å². The minimum absolute atomic E-state index is 0.330. The van der Waals surface area contributed by atoms with Crippen molar-refractivity contribution in [1.29, 1.82) is 0 Å². The van der Waals surface area contributed by atoms with E-state index in [1.165, 1.54) is 0 Å². The van der Waals surface area contributed by atoms with Crippen LogP contribution in [0.2, 0.25) is 0 Å². The molecule has 0 aliphatic rings. The second kappa shape index (κ2) is 5.54. The van der Waals surface area contributed by atoms with Gasteiger partial charge < -0.3 is 0 Å². The first-order valence-electron chi connectivity index (χ1n) is 4.54. The molecule has 0 aromatic rings. The van der Waals surface area contributed by atoms with Gasteiger partial charge in [0.05, 0.1) is 5.25 Å². The predicted molar refractivity (Wildman–Crippen MR) is 51.3 cm³/mol. The summed E-state index contributed by atoms with van der Waals surface area (Å²) in [5, 5.41) is 4.72. The summed E-state index contributed by atoms with van der Waals surface area (Å²) in [6.45, 7) is 3.96. The average Bonchev–Trinajstić information content (AvgIpc) is 1.95. The molecule has 0 aromatic carbocycles. The fourth-order valence-corrected chi connectivity index (χ4v) is 2.18. The van der Waals surface area contributed by atoms with E-state index < -0.39 is 10.0 Å². The third-order valence-corrected chi connectivity index (χ3v) is 3.55. The molecule has 4 heteroatoms. The fraction of sp³-hybridized carbons (Fsp3) is 1.00. The Kier molecular flexibility index (Phi) is 5.50. The molecule has 0 radical (unpaired) electrons. The Balaban J connectivity index is 3.85. The van der Waals surface area contributed by atoms with Crippen molar-refractivity contribution in [3.8, 4) is 0 Å². The van der Waals surface area contributed by atoms with Crippen molar-refractivity contribution in [2.24, 2.45) is 5.14 Å². The normalized spacial score (nSPS) is 14.6. The molecular formula is C8H19NO2S. The first-order chi connectivity index (χ1) is 5.52. The smallest absolute Gasteiger partial charge is 0.211 e. The van der Waals surface area contributed by atoms with E-state index in [4.69, 9.17) is 5.14 Å². The van der Waals surface area contributed by atoms with E-state index in [9.17, 15) is 8.42 Å². The van der Waals surface area contributed by atoms with E-state index in [1.54, 1.807) is 0 Å². The largest absolute Gasteiger partial charge is 0.228 e. The molecule has 0 amide bonds. The Morgan fingerprint density at radius 3 is 2.17 bits per heavy atom. The Labute approximate surface area is 75.4 Å². The minimum Gasteiger partial charge on any atom is -0.228 e. The molecule has 0 aliphatic heterocycles. The van der Waals surface area contributed by atoms with E-state index in [1.807, 2.05) is 6.92 Å². The van der Waals surface area contributed by atoms with Crippen LogP contribution in [0.1, 0.15) is 46.0 Å². The van der Waals surface area contributed by atoms with Gasteiger partial charge in [-0.25, -0.2) is 13.6 Å². The maximum Gasteiger partial charge on any atom is 0.211 e.